The molecule has 0 spiro atoms. The summed E-state index contributed by atoms with van der Waals surface area (Å²) in [5.74, 6) is 0.0640. The van der Waals surface area contributed by atoms with Crippen LogP contribution in [0.25, 0.3) is 0 Å². The zero-order chi connectivity index (χ0) is 14.5. The van der Waals surface area contributed by atoms with Gasteiger partial charge in [0, 0.05) is 0 Å². The first kappa shape index (κ1) is 14.1. The SMILES string of the molecule is CC(C)C(Oc1ccc(C(=O)O)cc1)c1ccccc1. The molecular weight excluding hydrogens is 252 g/mol. The van der Waals surface area contributed by atoms with Gasteiger partial charge in [-0.2, -0.15) is 0 Å². The van der Waals surface area contributed by atoms with Crippen molar-refractivity contribution >= 4 is 5.97 Å². The Bertz CT molecular complexity index is 559. The highest BCUT2D eigenvalue weighted by Gasteiger charge is 2.17. The molecule has 0 bridgehead atoms. The zero-order valence-corrected chi connectivity index (χ0v) is 11.6. The summed E-state index contributed by atoms with van der Waals surface area (Å²) in [7, 11) is 0. The molecule has 0 radical (unpaired) electrons. The van der Waals surface area contributed by atoms with Crippen LogP contribution in [0.4, 0.5) is 0 Å². The van der Waals surface area contributed by atoms with Crippen LogP contribution >= 0.6 is 0 Å². The van der Waals surface area contributed by atoms with E-state index in [2.05, 4.69) is 13.8 Å². The average molecular weight is 270 g/mol. The van der Waals surface area contributed by atoms with Crippen molar-refractivity contribution in [3.05, 3.63) is 65.7 Å². The summed E-state index contributed by atoms with van der Waals surface area (Å²) in [4.78, 5) is 10.8. The number of ether oxygens (including phenoxy) is 1. The van der Waals surface area contributed by atoms with Crippen molar-refractivity contribution in [2.75, 3.05) is 0 Å². The van der Waals surface area contributed by atoms with Crippen LogP contribution in [0.5, 0.6) is 5.75 Å². The van der Waals surface area contributed by atoms with Crippen LogP contribution in [0, 0.1) is 5.92 Å². The number of hydrogen-bond acceptors (Lipinski definition) is 2. The fraction of sp³-hybridized carbons (Fsp3) is 0.235. The van der Waals surface area contributed by atoms with Crippen molar-refractivity contribution in [1.82, 2.24) is 0 Å². The summed E-state index contributed by atoms with van der Waals surface area (Å²) in [5.41, 5.74) is 1.38. The molecule has 1 N–H and O–H groups in total. The molecule has 0 aliphatic carbocycles. The highest BCUT2D eigenvalue weighted by Crippen LogP contribution is 2.28. The van der Waals surface area contributed by atoms with Crippen molar-refractivity contribution in [3.63, 3.8) is 0 Å². The molecule has 3 heteroatoms. The second kappa shape index (κ2) is 6.24. The van der Waals surface area contributed by atoms with E-state index in [1.165, 1.54) is 0 Å². The van der Waals surface area contributed by atoms with Crippen molar-refractivity contribution in [2.45, 2.75) is 20.0 Å². The molecule has 0 aliphatic heterocycles. The Hall–Kier alpha value is -2.29. The Balaban J connectivity index is 2.19. The van der Waals surface area contributed by atoms with Crippen molar-refractivity contribution < 1.29 is 14.6 Å². The third kappa shape index (κ3) is 3.38. The Morgan fingerprint density at radius 2 is 1.60 bits per heavy atom. The predicted molar refractivity (Wildman–Crippen MR) is 78.1 cm³/mol. The highest BCUT2D eigenvalue weighted by molar-refractivity contribution is 5.87. The van der Waals surface area contributed by atoms with Crippen LogP contribution in [-0.2, 0) is 0 Å². The van der Waals surface area contributed by atoms with E-state index in [-0.39, 0.29) is 11.7 Å². The molecule has 0 amide bonds. The fourth-order valence-corrected chi connectivity index (χ4v) is 2.05. The smallest absolute Gasteiger partial charge is 0.335 e. The van der Waals surface area contributed by atoms with Crippen LogP contribution in [-0.4, -0.2) is 11.1 Å². The van der Waals surface area contributed by atoms with Crippen LogP contribution in [0.1, 0.15) is 35.9 Å². The van der Waals surface area contributed by atoms with Crippen LogP contribution in [0.3, 0.4) is 0 Å². The van der Waals surface area contributed by atoms with Gasteiger partial charge in [-0.3, -0.25) is 0 Å². The number of aromatic carboxylic acids is 1. The summed E-state index contributed by atoms with van der Waals surface area (Å²) in [6.45, 7) is 4.20. The second-order valence-electron chi connectivity index (χ2n) is 5.02. The molecule has 0 aromatic heterocycles. The van der Waals surface area contributed by atoms with Gasteiger partial charge in [0.15, 0.2) is 0 Å². The van der Waals surface area contributed by atoms with Crippen molar-refractivity contribution in [2.24, 2.45) is 5.92 Å². The molecule has 2 rings (SSSR count). The van der Waals surface area contributed by atoms with Gasteiger partial charge in [-0.25, -0.2) is 4.79 Å². The molecule has 1 unspecified atom stereocenters. The van der Waals surface area contributed by atoms with Gasteiger partial charge in [0.2, 0.25) is 0 Å². The standard InChI is InChI=1S/C17H18O3/c1-12(2)16(13-6-4-3-5-7-13)20-15-10-8-14(9-11-15)17(18)19/h3-12,16H,1-2H3,(H,18,19). The minimum absolute atomic E-state index is 0.0492. The van der Waals surface area contributed by atoms with E-state index in [1.807, 2.05) is 30.3 Å². The third-order valence-electron chi connectivity index (χ3n) is 3.10. The van der Waals surface area contributed by atoms with E-state index < -0.39 is 5.97 Å². The van der Waals surface area contributed by atoms with Crippen LogP contribution in [0.2, 0.25) is 0 Å². The molecule has 0 fully saturated rings. The van der Waals surface area contributed by atoms with Gasteiger partial charge in [0.05, 0.1) is 5.56 Å². The molecule has 3 nitrogen and oxygen atoms in total. The molecule has 0 heterocycles. The molecular formula is C17H18O3. The molecule has 2 aromatic carbocycles. The van der Waals surface area contributed by atoms with Gasteiger partial charge in [-0.05, 0) is 35.7 Å². The molecule has 0 saturated carbocycles. The number of carboxylic acid groups (broad SMARTS) is 1. The van der Waals surface area contributed by atoms with Gasteiger partial charge in [0.25, 0.3) is 0 Å². The van der Waals surface area contributed by atoms with Crippen LogP contribution in [0.15, 0.2) is 54.6 Å². The fourth-order valence-electron chi connectivity index (χ4n) is 2.05. The normalized spacial score (nSPS) is 12.2. The summed E-state index contributed by atoms with van der Waals surface area (Å²) in [5, 5.41) is 8.88. The quantitative estimate of drug-likeness (QED) is 0.887. The number of rotatable bonds is 5. The summed E-state index contributed by atoms with van der Waals surface area (Å²) in [6, 6.07) is 16.5. The number of carbonyl (C=O) groups is 1. The van der Waals surface area contributed by atoms with Crippen molar-refractivity contribution in [1.29, 1.82) is 0 Å². The van der Waals surface area contributed by atoms with Gasteiger partial charge in [-0.1, -0.05) is 44.2 Å². The lowest BCUT2D eigenvalue weighted by molar-refractivity contribution is 0.0696. The summed E-state index contributed by atoms with van der Waals surface area (Å²) >= 11 is 0. The lowest BCUT2D eigenvalue weighted by atomic mass is 9.99. The number of hydrogen-bond donors (Lipinski definition) is 1. The lowest BCUT2D eigenvalue weighted by Crippen LogP contribution is -2.14. The van der Waals surface area contributed by atoms with E-state index in [4.69, 9.17) is 9.84 Å². The maximum Gasteiger partial charge on any atom is 0.335 e. The van der Waals surface area contributed by atoms with Crippen molar-refractivity contribution in [3.8, 4) is 5.75 Å². The minimum Gasteiger partial charge on any atom is -0.485 e. The first-order valence-corrected chi connectivity index (χ1v) is 6.63. The topological polar surface area (TPSA) is 46.5 Å². The summed E-state index contributed by atoms with van der Waals surface area (Å²) in [6.07, 6.45) is -0.0492. The van der Waals surface area contributed by atoms with E-state index in [0.29, 0.717) is 11.7 Å². The Morgan fingerprint density at radius 3 is 2.10 bits per heavy atom. The molecule has 0 aliphatic rings. The van der Waals surface area contributed by atoms with Gasteiger partial charge in [0.1, 0.15) is 11.9 Å². The van der Waals surface area contributed by atoms with Crippen LogP contribution < -0.4 is 4.74 Å². The van der Waals surface area contributed by atoms with Gasteiger partial charge < -0.3 is 9.84 Å². The van der Waals surface area contributed by atoms with E-state index in [9.17, 15) is 4.79 Å². The zero-order valence-electron chi connectivity index (χ0n) is 11.6. The molecule has 1 atom stereocenters. The second-order valence-corrected chi connectivity index (χ2v) is 5.02. The maximum absolute atomic E-state index is 10.8. The Labute approximate surface area is 118 Å². The summed E-state index contributed by atoms with van der Waals surface area (Å²) < 4.78 is 6.00. The third-order valence-corrected chi connectivity index (χ3v) is 3.10. The highest BCUT2D eigenvalue weighted by atomic mass is 16.5. The lowest BCUT2D eigenvalue weighted by Gasteiger charge is -2.23. The minimum atomic E-state index is -0.931. The van der Waals surface area contributed by atoms with E-state index >= 15 is 0 Å². The van der Waals surface area contributed by atoms with Gasteiger partial charge in [-0.15, -0.1) is 0 Å². The Kier molecular flexibility index (Phi) is 4.41. The largest absolute Gasteiger partial charge is 0.485 e. The van der Waals surface area contributed by atoms with Gasteiger partial charge >= 0.3 is 5.97 Å². The Morgan fingerprint density at radius 1 is 1.00 bits per heavy atom. The van der Waals surface area contributed by atoms with E-state index in [1.54, 1.807) is 24.3 Å². The maximum atomic E-state index is 10.8. The molecule has 0 saturated heterocycles. The number of benzene rings is 2. The average Bonchev–Trinajstić information content (AvgIpc) is 2.46. The molecule has 20 heavy (non-hydrogen) atoms. The first-order valence-electron chi connectivity index (χ1n) is 6.63. The molecule has 2 aromatic rings. The molecule has 104 valence electrons. The monoisotopic (exact) mass is 270 g/mol. The van der Waals surface area contributed by atoms with E-state index in [0.717, 1.165) is 5.56 Å². The predicted octanol–water partition coefficient (Wildman–Crippen LogP) is 4.16. The number of carboxylic acids is 1. The first-order chi connectivity index (χ1) is 9.58.